The zero-order chi connectivity index (χ0) is 28.7. The maximum atomic E-state index is 12.6. The lowest BCUT2D eigenvalue weighted by Crippen LogP contribution is -2.63. The van der Waals surface area contributed by atoms with Gasteiger partial charge in [0.15, 0.2) is 18.0 Å². The summed E-state index contributed by atoms with van der Waals surface area (Å²) in [7, 11) is 0. The molecule has 13 nitrogen and oxygen atoms in total. The van der Waals surface area contributed by atoms with Crippen molar-refractivity contribution in [3.8, 4) is 11.5 Å². The summed E-state index contributed by atoms with van der Waals surface area (Å²) in [5.41, 5.74) is 2.17. The third kappa shape index (κ3) is 8.22. The predicted octanol–water partition coefficient (Wildman–Crippen LogP) is 1.74. The molecule has 5 atom stereocenters. The molecule has 2 heterocycles. The molecule has 2 aromatic rings. The first-order valence-electron chi connectivity index (χ1n) is 11.6. The van der Waals surface area contributed by atoms with Crippen molar-refractivity contribution in [1.29, 1.82) is 0 Å². The third-order valence-electron chi connectivity index (χ3n) is 5.30. The van der Waals surface area contributed by atoms with Crippen molar-refractivity contribution in [2.75, 3.05) is 6.61 Å². The second kappa shape index (κ2) is 13.2. The van der Waals surface area contributed by atoms with Gasteiger partial charge in [0.2, 0.25) is 12.4 Å². The zero-order valence-electron chi connectivity index (χ0n) is 21.5. The number of ketones is 1. The highest BCUT2D eigenvalue weighted by Gasteiger charge is 2.53. The van der Waals surface area contributed by atoms with Crippen molar-refractivity contribution in [3.63, 3.8) is 0 Å². The summed E-state index contributed by atoms with van der Waals surface area (Å²) in [6, 6.07) is 3.87. The van der Waals surface area contributed by atoms with Gasteiger partial charge in [-0.15, -0.1) is 11.3 Å². The van der Waals surface area contributed by atoms with Crippen molar-refractivity contribution in [2.24, 2.45) is 0 Å². The fraction of sp³-hybridized carbons (Fsp3) is 0.440. The van der Waals surface area contributed by atoms with Gasteiger partial charge in [-0.1, -0.05) is 0 Å². The van der Waals surface area contributed by atoms with E-state index in [2.05, 4.69) is 4.98 Å². The first-order chi connectivity index (χ1) is 18.4. The summed E-state index contributed by atoms with van der Waals surface area (Å²) in [4.78, 5) is 63.8. The number of hydrogen-bond donors (Lipinski definition) is 1. The molecule has 210 valence electrons. The molecule has 14 heteroatoms. The number of aromatic nitrogens is 1. The second-order valence-corrected chi connectivity index (χ2v) is 9.16. The number of aromatic hydroxyl groups is 1. The number of esters is 4. The molecule has 0 unspecified atom stereocenters. The molecular weight excluding hydrogens is 538 g/mol. The molecule has 1 aromatic heterocycles. The van der Waals surface area contributed by atoms with Crippen LogP contribution in [0.15, 0.2) is 29.1 Å². The van der Waals surface area contributed by atoms with Crippen LogP contribution in [0.1, 0.15) is 43.7 Å². The largest absolute Gasteiger partial charge is 0.507 e. The van der Waals surface area contributed by atoms with E-state index in [-0.39, 0.29) is 23.5 Å². The van der Waals surface area contributed by atoms with Gasteiger partial charge in [-0.25, -0.2) is 4.98 Å². The Bertz CT molecular complexity index is 1210. The average Bonchev–Trinajstić information content (AvgIpc) is 3.33. The van der Waals surface area contributed by atoms with E-state index in [1.807, 2.05) is 0 Å². The molecule has 3 rings (SSSR count). The van der Waals surface area contributed by atoms with Crippen LogP contribution in [0, 0.1) is 0 Å². The molecular formula is C25H27NO12S. The van der Waals surface area contributed by atoms with E-state index >= 15 is 0 Å². The quantitative estimate of drug-likeness (QED) is 0.251. The average molecular weight is 566 g/mol. The number of carbonyl (C=O) groups excluding carboxylic acids is 5. The molecule has 0 bridgehead atoms. The lowest BCUT2D eigenvalue weighted by Gasteiger charge is -2.43. The predicted molar refractivity (Wildman–Crippen MR) is 131 cm³/mol. The van der Waals surface area contributed by atoms with Gasteiger partial charge in [-0.2, -0.15) is 0 Å². The second-order valence-electron chi connectivity index (χ2n) is 8.44. The number of ether oxygens (including phenoxy) is 6. The number of Topliss-reactive ketones (excluding diaryl/α,β-unsaturated/α-hetero) is 1. The summed E-state index contributed by atoms with van der Waals surface area (Å²) in [6.45, 7) is 4.04. The SMILES string of the molecule is CC(=O)OC[C@@H]1O[C@H](Oc2ccc(C(=O)Cc3cscn3)c(O)c2)[C@H](OC(C)=O)[C@H](OC(C)=O)[C@H]1OC(C)=O. The number of thiazole rings is 1. The first-order valence-corrected chi connectivity index (χ1v) is 12.6. The smallest absolute Gasteiger partial charge is 0.303 e. The third-order valence-corrected chi connectivity index (χ3v) is 5.93. The molecule has 0 saturated carbocycles. The van der Waals surface area contributed by atoms with Gasteiger partial charge in [0, 0.05) is 39.1 Å². The summed E-state index contributed by atoms with van der Waals surface area (Å²) in [6.07, 6.45) is -6.90. The number of nitrogens with zero attached hydrogens (tertiary/aromatic N) is 1. The van der Waals surface area contributed by atoms with Crippen molar-refractivity contribution in [1.82, 2.24) is 4.98 Å². The lowest BCUT2D eigenvalue weighted by atomic mass is 9.98. The van der Waals surface area contributed by atoms with Gasteiger partial charge in [0.25, 0.3) is 0 Å². The minimum absolute atomic E-state index is 0.00129. The van der Waals surface area contributed by atoms with Crippen LogP contribution in [0.4, 0.5) is 0 Å². The van der Waals surface area contributed by atoms with E-state index in [1.54, 1.807) is 10.9 Å². The molecule has 0 radical (unpaired) electrons. The monoisotopic (exact) mass is 565 g/mol. The van der Waals surface area contributed by atoms with Gasteiger partial charge in [-0.3, -0.25) is 24.0 Å². The van der Waals surface area contributed by atoms with Crippen molar-refractivity contribution >= 4 is 41.0 Å². The van der Waals surface area contributed by atoms with E-state index < -0.39 is 66.9 Å². The molecule has 1 aromatic carbocycles. The molecule has 1 N–H and O–H groups in total. The first kappa shape index (κ1) is 29.5. The molecule has 39 heavy (non-hydrogen) atoms. The summed E-state index contributed by atoms with van der Waals surface area (Å²) in [5.74, 6) is -3.78. The number of carbonyl (C=O) groups is 5. The highest BCUT2D eigenvalue weighted by Crippen LogP contribution is 2.32. The standard InChI is InChI=1S/C25H27NO12S/c1-12(27)33-9-21-22(34-13(2)28)23(35-14(3)29)24(36-15(4)30)25(38-21)37-17-5-6-18(20(32)8-17)19(31)7-16-10-39-11-26-16/h5-6,8,10-11,21-25,32H,7,9H2,1-4H3/t21-,22-,23+,24+,25-/m0/s1. The van der Waals surface area contributed by atoms with E-state index in [0.717, 1.165) is 33.8 Å². The van der Waals surface area contributed by atoms with Gasteiger partial charge in [-0.05, 0) is 12.1 Å². The Morgan fingerprint density at radius 3 is 2.13 bits per heavy atom. The van der Waals surface area contributed by atoms with Crippen molar-refractivity contribution in [3.05, 3.63) is 40.3 Å². The highest BCUT2D eigenvalue weighted by atomic mass is 32.1. The van der Waals surface area contributed by atoms with Crippen molar-refractivity contribution < 1.29 is 57.5 Å². The van der Waals surface area contributed by atoms with Gasteiger partial charge in [0.1, 0.15) is 24.2 Å². The number of hydrogen-bond acceptors (Lipinski definition) is 14. The molecule has 1 fully saturated rings. The van der Waals surface area contributed by atoms with Crippen LogP contribution in [0.25, 0.3) is 0 Å². The molecule has 0 spiro atoms. The molecule has 1 aliphatic heterocycles. The number of benzene rings is 1. The Labute approximate surface area is 226 Å². The topological polar surface area (TPSA) is 174 Å². The fourth-order valence-corrected chi connectivity index (χ4v) is 4.38. The van der Waals surface area contributed by atoms with Gasteiger partial charge < -0.3 is 33.5 Å². The van der Waals surface area contributed by atoms with Gasteiger partial charge >= 0.3 is 23.9 Å². The lowest BCUT2D eigenvalue weighted by molar-refractivity contribution is -0.288. The summed E-state index contributed by atoms with van der Waals surface area (Å²) < 4.78 is 32.7. The Balaban J connectivity index is 1.91. The van der Waals surface area contributed by atoms with Crippen LogP contribution in [0.2, 0.25) is 0 Å². The van der Waals surface area contributed by atoms with Crippen LogP contribution in [0.3, 0.4) is 0 Å². The maximum Gasteiger partial charge on any atom is 0.303 e. The van der Waals surface area contributed by atoms with Crippen LogP contribution < -0.4 is 4.74 Å². The number of phenolic OH excluding ortho intramolecular Hbond substituents is 1. The minimum Gasteiger partial charge on any atom is -0.507 e. The van der Waals surface area contributed by atoms with Crippen LogP contribution in [-0.4, -0.2) is 77.1 Å². The molecule has 1 saturated heterocycles. The molecule has 0 aliphatic carbocycles. The van der Waals surface area contributed by atoms with Crippen molar-refractivity contribution in [2.45, 2.75) is 64.8 Å². The Kier molecular flexibility index (Phi) is 9.95. The number of phenols is 1. The number of rotatable bonds is 10. The summed E-state index contributed by atoms with van der Waals surface area (Å²) in [5, 5.41) is 12.2. The zero-order valence-corrected chi connectivity index (χ0v) is 22.3. The van der Waals surface area contributed by atoms with Crippen LogP contribution in [-0.2, 0) is 49.3 Å². The van der Waals surface area contributed by atoms with E-state index in [1.165, 1.54) is 23.5 Å². The summed E-state index contributed by atoms with van der Waals surface area (Å²) >= 11 is 1.34. The normalized spacial score (nSPS) is 22.3. The Hall–Kier alpha value is -4.04. The van der Waals surface area contributed by atoms with E-state index in [4.69, 9.17) is 28.4 Å². The van der Waals surface area contributed by atoms with Gasteiger partial charge in [0.05, 0.1) is 23.2 Å². The van der Waals surface area contributed by atoms with E-state index in [0.29, 0.717) is 5.69 Å². The minimum atomic E-state index is -1.48. The Morgan fingerprint density at radius 2 is 1.56 bits per heavy atom. The highest BCUT2D eigenvalue weighted by molar-refractivity contribution is 7.07. The molecule has 0 amide bonds. The van der Waals surface area contributed by atoms with Crippen LogP contribution >= 0.6 is 11.3 Å². The maximum absolute atomic E-state index is 12.6. The Morgan fingerprint density at radius 1 is 0.923 bits per heavy atom. The van der Waals surface area contributed by atoms with E-state index in [9.17, 15) is 29.1 Å². The molecule has 1 aliphatic rings. The van der Waals surface area contributed by atoms with Crippen LogP contribution in [0.5, 0.6) is 11.5 Å². The fourth-order valence-electron chi connectivity index (χ4n) is 3.82.